The summed E-state index contributed by atoms with van der Waals surface area (Å²) in [5.74, 6) is 6.05. The van der Waals surface area contributed by atoms with Crippen LogP contribution in [-0.2, 0) is 17.8 Å². The fourth-order valence-corrected chi connectivity index (χ4v) is 2.05. The van der Waals surface area contributed by atoms with Gasteiger partial charge in [0.2, 0.25) is 0 Å². The van der Waals surface area contributed by atoms with Gasteiger partial charge < -0.3 is 15.2 Å². The second-order valence-electron chi connectivity index (χ2n) is 5.21. The number of nitrogens with one attached hydrogen (secondary N) is 1. The molecule has 0 aliphatic carbocycles. The van der Waals surface area contributed by atoms with Gasteiger partial charge in [0.15, 0.2) is 0 Å². The molecule has 4 nitrogen and oxygen atoms in total. The Labute approximate surface area is 142 Å². The molecular weight excluding hydrogens is 302 g/mol. The summed E-state index contributed by atoms with van der Waals surface area (Å²) in [6.45, 7) is 0.860. The monoisotopic (exact) mass is 323 g/mol. The molecule has 2 aromatic carbocycles. The number of carbonyl (C=O) groups excluding carboxylic acids is 1. The van der Waals surface area contributed by atoms with Crippen molar-refractivity contribution in [3.05, 3.63) is 71.3 Å². The molecule has 2 rings (SSSR count). The number of alkyl carbamates (subject to hydrolysis) is 1. The zero-order valence-corrected chi connectivity index (χ0v) is 13.5. The van der Waals surface area contributed by atoms with Gasteiger partial charge in [-0.3, -0.25) is 0 Å². The number of amides is 1. The van der Waals surface area contributed by atoms with Gasteiger partial charge in [-0.05, 0) is 29.7 Å². The summed E-state index contributed by atoms with van der Waals surface area (Å²) in [5.41, 5.74) is 2.96. The molecule has 0 radical (unpaired) electrons. The van der Waals surface area contributed by atoms with E-state index in [1.807, 2.05) is 54.6 Å². The lowest BCUT2D eigenvalue weighted by Gasteiger charge is -2.05. The minimum atomic E-state index is -0.436. The van der Waals surface area contributed by atoms with Crippen LogP contribution in [0.4, 0.5) is 4.79 Å². The van der Waals surface area contributed by atoms with E-state index in [0.29, 0.717) is 19.4 Å². The van der Waals surface area contributed by atoms with Crippen LogP contribution in [0.2, 0.25) is 0 Å². The zero-order valence-electron chi connectivity index (χ0n) is 13.5. The molecule has 4 heteroatoms. The average molecular weight is 323 g/mol. The maximum atomic E-state index is 11.5. The van der Waals surface area contributed by atoms with Gasteiger partial charge in [0.25, 0.3) is 0 Å². The van der Waals surface area contributed by atoms with Crippen LogP contribution in [-0.4, -0.2) is 24.4 Å². The van der Waals surface area contributed by atoms with Gasteiger partial charge in [-0.1, -0.05) is 54.3 Å². The van der Waals surface area contributed by atoms with E-state index in [-0.39, 0.29) is 13.2 Å². The van der Waals surface area contributed by atoms with Gasteiger partial charge in [0.1, 0.15) is 6.61 Å². The summed E-state index contributed by atoms with van der Waals surface area (Å²) in [4.78, 5) is 11.5. The second kappa shape index (κ2) is 10.1. The van der Waals surface area contributed by atoms with E-state index in [1.165, 1.54) is 0 Å². The van der Waals surface area contributed by atoms with Crippen molar-refractivity contribution in [3.63, 3.8) is 0 Å². The molecule has 0 saturated carbocycles. The maximum Gasteiger partial charge on any atom is 0.407 e. The molecular formula is C20H21NO3. The van der Waals surface area contributed by atoms with Gasteiger partial charge in [0, 0.05) is 25.1 Å². The Morgan fingerprint density at radius 1 is 1.04 bits per heavy atom. The highest BCUT2D eigenvalue weighted by molar-refractivity contribution is 5.67. The third-order valence-electron chi connectivity index (χ3n) is 3.32. The Morgan fingerprint density at radius 3 is 2.50 bits per heavy atom. The van der Waals surface area contributed by atoms with E-state index >= 15 is 0 Å². The van der Waals surface area contributed by atoms with Gasteiger partial charge in [-0.2, -0.15) is 0 Å². The molecule has 0 atom stereocenters. The number of rotatable bonds is 6. The van der Waals surface area contributed by atoms with Crippen LogP contribution in [0.3, 0.4) is 0 Å². The normalized spacial score (nSPS) is 9.71. The molecule has 124 valence electrons. The average Bonchev–Trinajstić information content (AvgIpc) is 2.62. The minimum Gasteiger partial charge on any atom is -0.445 e. The van der Waals surface area contributed by atoms with E-state index in [1.54, 1.807) is 0 Å². The van der Waals surface area contributed by atoms with Crippen molar-refractivity contribution in [3.8, 4) is 11.8 Å². The number of aliphatic hydroxyl groups is 1. The fourth-order valence-electron chi connectivity index (χ4n) is 2.05. The van der Waals surface area contributed by atoms with Crippen molar-refractivity contribution in [1.82, 2.24) is 5.32 Å². The van der Waals surface area contributed by atoms with Gasteiger partial charge in [-0.25, -0.2) is 4.79 Å². The molecule has 0 aromatic heterocycles. The molecule has 0 fully saturated rings. The number of hydrogen-bond acceptors (Lipinski definition) is 3. The van der Waals surface area contributed by atoms with Gasteiger partial charge in [0.05, 0.1) is 0 Å². The number of hydrogen-bond donors (Lipinski definition) is 2. The Balaban J connectivity index is 1.64. The van der Waals surface area contributed by atoms with Crippen molar-refractivity contribution >= 4 is 6.09 Å². The van der Waals surface area contributed by atoms with Crippen molar-refractivity contribution in [1.29, 1.82) is 0 Å². The molecule has 0 heterocycles. The van der Waals surface area contributed by atoms with Crippen LogP contribution < -0.4 is 5.32 Å². The molecule has 2 aromatic rings. The lowest BCUT2D eigenvalue weighted by molar-refractivity contribution is 0.140. The molecule has 0 spiro atoms. The van der Waals surface area contributed by atoms with Gasteiger partial charge >= 0.3 is 6.09 Å². The van der Waals surface area contributed by atoms with Crippen LogP contribution in [0.25, 0.3) is 0 Å². The SMILES string of the molecule is O=C(NCCC#Cc1ccc(CCO)cc1)OCc1ccccc1. The Bertz CT molecular complexity index is 684. The molecule has 2 N–H and O–H groups in total. The Morgan fingerprint density at radius 2 is 1.79 bits per heavy atom. The zero-order chi connectivity index (χ0) is 17.0. The predicted octanol–water partition coefficient (Wildman–Crippen LogP) is 2.89. The minimum absolute atomic E-state index is 0.150. The summed E-state index contributed by atoms with van der Waals surface area (Å²) in [6.07, 6.45) is 0.774. The molecule has 1 amide bonds. The van der Waals surface area contributed by atoms with E-state index in [4.69, 9.17) is 9.84 Å². The first-order valence-corrected chi connectivity index (χ1v) is 7.91. The number of aliphatic hydroxyl groups excluding tert-OH is 1. The standard InChI is InChI=1S/C20H21NO3/c22-15-13-18-11-9-17(10-12-18)6-4-5-14-21-20(23)24-16-19-7-2-1-3-8-19/h1-3,7-12,22H,5,13-16H2,(H,21,23). The van der Waals surface area contributed by atoms with E-state index in [2.05, 4.69) is 17.2 Å². The third-order valence-corrected chi connectivity index (χ3v) is 3.32. The van der Waals surface area contributed by atoms with Crippen LogP contribution in [0.1, 0.15) is 23.1 Å². The lowest BCUT2D eigenvalue weighted by Crippen LogP contribution is -2.24. The van der Waals surface area contributed by atoms with Crippen LogP contribution in [0, 0.1) is 11.8 Å². The van der Waals surface area contributed by atoms with E-state index in [0.717, 1.165) is 16.7 Å². The first-order chi connectivity index (χ1) is 11.8. The van der Waals surface area contributed by atoms with Crippen LogP contribution in [0.5, 0.6) is 0 Å². The summed E-state index contributed by atoms with van der Waals surface area (Å²) >= 11 is 0. The van der Waals surface area contributed by atoms with E-state index < -0.39 is 6.09 Å². The molecule has 0 aliphatic heterocycles. The molecule has 0 unspecified atom stereocenters. The number of benzene rings is 2. The van der Waals surface area contributed by atoms with Crippen LogP contribution in [0.15, 0.2) is 54.6 Å². The molecule has 0 bridgehead atoms. The highest BCUT2D eigenvalue weighted by Gasteiger charge is 2.00. The summed E-state index contributed by atoms with van der Waals surface area (Å²) < 4.78 is 5.11. The van der Waals surface area contributed by atoms with Crippen LogP contribution >= 0.6 is 0 Å². The molecule has 24 heavy (non-hydrogen) atoms. The highest BCUT2D eigenvalue weighted by Crippen LogP contribution is 2.04. The smallest absolute Gasteiger partial charge is 0.407 e. The molecule has 0 saturated heterocycles. The molecule has 0 aliphatic rings. The summed E-state index contributed by atoms with van der Waals surface area (Å²) in [7, 11) is 0. The summed E-state index contributed by atoms with van der Waals surface area (Å²) in [6, 6.07) is 17.3. The van der Waals surface area contributed by atoms with Crippen molar-refractivity contribution in [2.24, 2.45) is 0 Å². The highest BCUT2D eigenvalue weighted by atomic mass is 16.5. The van der Waals surface area contributed by atoms with Crippen molar-refractivity contribution < 1.29 is 14.6 Å². The van der Waals surface area contributed by atoms with E-state index in [9.17, 15) is 4.79 Å². The Kier molecular flexibility index (Phi) is 7.39. The maximum absolute atomic E-state index is 11.5. The predicted molar refractivity (Wildman–Crippen MR) is 93.4 cm³/mol. The third kappa shape index (κ3) is 6.55. The fraction of sp³-hybridized carbons (Fsp3) is 0.250. The van der Waals surface area contributed by atoms with Crippen molar-refractivity contribution in [2.45, 2.75) is 19.4 Å². The quantitative estimate of drug-likeness (QED) is 0.635. The Hall–Kier alpha value is -2.77. The van der Waals surface area contributed by atoms with Crippen molar-refractivity contribution in [2.75, 3.05) is 13.2 Å². The summed E-state index contributed by atoms with van der Waals surface area (Å²) in [5, 5.41) is 11.5. The first kappa shape index (κ1) is 17.6. The topological polar surface area (TPSA) is 58.6 Å². The largest absolute Gasteiger partial charge is 0.445 e. The lowest BCUT2D eigenvalue weighted by atomic mass is 10.1. The van der Waals surface area contributed by atoms with Gasteiger partial charge in [-0.15, -0.1) is 0 Å². The number of carbonyl (C=O) groups is 1. The first-order valence-electron chi connectivity index (χ1n) is 7.91. The second-order valence-corrected chi connectivity index (χ2v) is 5.21. The number of ether oxygens (including phenoxy) is 1.